The third kappa shape index (κ3) is 6.59. The van der Waals surface area contributed by atoms with Crippen LogP contribution in [0.5, 0.6) is 5.75 Å². The fourth-order valence-electron chi connectivity index (χ4n) is 2.99. The summed E-state index contributed by atoms with van der Waals surface area (Å²) in [6.07, 6.45) is -7.32. The highest BCUT2D eigenvalue weighted by Gasteiger charge is 2.42. The van der Waals surface area contributed by atoms with E-state index in [1.165, 1.54) is 19.2 Å². The zero-order valence-corrected chi connectivity index (χ0v) is 17.5. The molecule has 0 N–H and O–H groups in total. The van der Waals surface area contributed by atoms with Gasteiger partial charge in [-0.3, -0.25) is 0 Å². The molecule has 0 radical (unpaired) electrons. The molecule has 32 heavy (non-hydrogen) atoms. The maximum absolute atomic E-state index is 13.0. The van der Waals surface area contributed by atoms with Crippen LogP contribution in [0.4, 0.5) is 13.2 Å². The van der Waals surface area contributed by atoms with E-state index in [0.717, 1.165) is 16.7 Å². The molecule has 1 unspecified atom stereocenters. The first-order valence-corrected chi connectivity index (χ1v) is 10.0. The predicted octanol–water partition coefficient (Wildman–Crippen LogP) is 6.06. The Morgan fingerprint density at radius 1 is 0.875 bits per heavy atom. The molecular weight excluding hydrogens is 421 g/mol. The molecule has 0 aromatic heterocycles. The van der Waals surface area contributed by atoms with E-state index in [1.807, 2.05) is 54.6 Å². The van der Waals surface area contributed by atoms with Crippen molar-refractivity contribution in [2.45, 2.75) is 25.3 Å². The monoisotopic (exact) mass is 444 g/mol. The van der Waals surface area contributed by atoms with E-state index in [2.05, 4.69) is 9.47 Å². The highest BCUT2D eigenvalue weighted by Crippen LogP contribution is 2.27. The molecule has 7 heteroatoms. The van der Waals surface area contributed by atoms with Gasteiger partial charge in [0.05, 0.1) is 12.2 Å². The van der Waals surface area contributed by atoms with Crippen molar-refractivity contribution < 1.29 is 32.2 Å². The number of hydrogen-bond donors (Lipinski definition) is 0. The third-order valence-corrected chi connectivity index (χ3v) is 4.76. The van der Waals surface area contributed by atoms with E-state index in [0.29, 0.717) is 12.4 Å². The lowest BCUT2D eigenvalue weighted by atomic mass is 10.0. The van der Waals surface area contributed by atoms with Crippen LogP contribution in [0.25, 0.3) is 11.1 Å². The van der Waals surface area contributed by atoms with Crippen molar-refractivity contribution in [2.24, 2.45) is 0 Å². The van der Waals surface area contributed by atoms with E-state index < -0.39 is 24.7 Å². The summed E-state index contributed by atoms with van der Waals surface area (Å²) < 4.78 is 54.2. The Morgan fingerprint density at radius 3 is 2.03 bits per heavy atom. The molecule has 0 fully saturated rings. The van der Waals surface area contributed by atoms with Gasteiger partial charge in [-0.15, -0.1) is 0 Å². The molecule has 4 nitrogen and oxygen atoms in total. The topological polar surface area (TPSA) is 44.8 Å². The zero-order valence-electron chi connectivity index (χ0n) is 17.5. The largest absolute Gasteiger partial charge is 0.489 e. The van der Waals surface area contributed by atoms with Crippen LogP contribution in [0.1, 0.15) is 22.3 Å². The molecule has 3 aromatic carbocycles. The van der Waals surface area contributed by atoms with E-state index in [1.54, 1.807) is 12.1 Å². The summed E-state index contributed by atoms with van der Waals surface area (Å²) in [5, 5.41) is 0. The first-order chi connectivity index (χ1) is 15.4. The standard InChI is InChI=1S/C25H23F3O4/c1-30-16-15-23(25(26,27)28)32-24(29)21-9-7-19(8-10-21)20-11-13-22(14-12-20)31-17-18-5-3-2-4-6-18/h2-14,23H,15-17H2,1H3. The zero-order chi connectivity index (χ0) is 23.0. The van der Waals surface area contributed by atoms with Gasteiger partial charge in [0.1, 0.15) is 12.4 Å². The molecule has 168 valence electrons. The highest BCUT2D eigenvalue weighted by atomic mass is 19.4. The van der Waals surface area contributed by atoms with Gasteiger partial charge in [-0.2, -0.15) is 13.2 Å². The molecule has 3 aromatic rings. The Hall–Kier alpha value is -3.32. The minimum absolute atomic E-state index is 0.0447. The minimum Gasteiger partial charge on any atom is -0.489 e. The summed E-state index contributed by atoms with van der Waals surface area (Å²) in [6, 6.07) is 23.4. The molecule has 0 amide bonds. The van der Waals surface area contributed by atoms with Gasteiger partial charge in [-0.25, -0.2) is 4.79 Å². The van der Waals surface area contributed by atoms with Gasteiger partial charge in [0.2, 0.25) is 0 Å². The second kappa shape index (κ2) is 10.8. The maximum atomic E-state index is 13.0. The van der Waals surface area contributed by atoms with Gasteiger partial charge in [0, 0.05) is 13.5 Å². The second-order valence-electron chi connectivity index (χ2n) is 7.09. The number of benzene rings is 3. The van der Waals surface area contributed by atoms with Crippen LogP contribution < -0.4 is 4.74 Å². The number of rotatable bonds is 9. The number of alkyl halides is 3. The van der Waals surface area contributed by atoms with Crippen LogP contribution >= 0.6 is 0 Å². The van der Waals surface area contributed by atoms with Crippen molar-refractivity contribution in [1.29, 1.82) is 0 Å². The molecule has 0 saturated carbocycles. The number of hydrogen-bond acceptors (Lipinski definition) is 4. The van der Waals surface area contributed by atoms with E-state index in [4.69, 9.17) is 4.74 Å². The minimum atomic E-state index is -4.65. The summed E-state index contributed by atoms with van der Waals surface area (Å²) >= 11 is 0. The molecule has 3 rings (SSSR count). The Labute approximate surface area is 184 Å². The van der Waals surface area contributed by atoms with Gasteiger partial charge in [-0.05, 0) is 41.0 Å². The Kier molecular flexibility index (Phi) is 7.89. The van der Waals surface area contributed by atoms with E-state index in [-0.39, 0.29) is 12.2 Å². The molecule has 0 aliphatic rings. The summed E-state index contributed by atoms with van der Waals surface area (Å²) in [5.74, 6) is -0.313. The van der Waals surface area contributed by atoms with Crippen LogP contribution in [0.3, 0.4) is 0 Å². The molecule has 0 saturated heterocycles. The lowest BCUT2D eigenvalue weighted by molar-refractivity contribution is -0.208. The van der Waals surface area contributed by atoms with Crippen LogP contribution in [-0.2, 0) is 16.1 Å². The van der Waals surface area contributed by atoms with Crippen LogP contribution in [0, 0.1) is 0 Å². The fraction of sp³-hybridized carbons (Fsp3) is 0.240. The van der Waals surface area contributed by atoms with Crippen molar-refractivity contribution in [3.8, 4) is 16.9 Å². The summed E-state index contributed by atoms with van der Waals surface area (Å²) in [6.45, 7) is 0.293. The Bertz CT molecular complexity index is 984. The fourth-order valence-corrected chi connectivity index (χ4v) is 2.99. The Balaban J connectivity index is 1.61. The smallest absolute Gasteiger partial charge is 0.425 e. The van der Waals surface area contributed by atoms with Crippen molar-refractivity contribution in [3.63, 3.8) is 0 Å². The first-order valence-electron chi connectivity index (χ1n) is 10.0. The lowest BCUT2D eigenvalue weighted by Gasteiger charge is -2.20. The molecule has 1 atom stereocenters. The normalized spacial score (nSPS) is 12.2. The van der Waals surface area contributed by atoms with E-state index >= 15 is 0 Å². The van der Waals surface area contributed by atoms with E-state index in [9.17, 15) is 18.0 Å². The Morgan fingerprint density at radius 2 is 1.47 bits per heavy atom. The summed E-state index contributed by atoms with van der Waals surface area (Å²) in [4.78, 5) is 12.2. The highest BCUT2D eigenvalue weighted by molar-refractivity contribution is 5.90. The molecule has 0 bridgehead atoms. The maximum Gasteiger partial charge on any atom is 0.425 e. The average Bonchev–Trinajstić information content (AvgIpc) is 2.80. The van der Waals surface area contributed by atoms with Crippen molar-refractivity contribution >= 4 is 5.97 Å². The first kappa shape index (κ1) is 23.3. The SMILES string of the molecule is COCCC(OC(=O)c1ccc(-c2ccc(OCc3ccccc3)cc2)cc1)C(F)(F)F. The van der Waals surface area contributed by atoms with Gasteiger partial charge >= 0.3 is 12.1 Å². The molecule has 0 aliphatic carbocycles. The van der Waals surface area contributed by atoms with Crippen LogP contribution in [0.15, 0.2) is 78.9 Å². The number of ether oxygens (including phenoxy) is 3. The van der Waals surface area contributed by atoms with Gasteiger partial charge in [-0.1, -0.05) is 54.6 Å². The lowest BCUT2D eigenvalue weighted by Crippen LogP contribution is -2.34. The number of halogens is 3. The molecule has 0 spiro atoms. The number of methoxy groups -OCH3 is 1. The van der Waals surface area contributed by atoms with Crippen molar-refractivity contribution in [2.75, 3.05) is 13.7 Å². The van der Waals surface area contributed by atoms with Crippen LogP contribution in [-0.4, -0.2) is 32.0 Å². The predicted molar refractivity (Wildman–Crippen MR) is 114 cm³/mol. The average molecular weight is 444 g/mol. The molecular formula is C25H23F3O4. The quantitative estimate of drug-likeness (QED) is 0.377. The number of carbonyl (C=O) groups excluding carboxylic acids is 1. The molecule has 0 heterocycles. The van der Waals surface area contributed by atoms with Crippen molar-refractivity contribution in [1.82, 2.24) is 0 Å². The van der Waals surface area contributed by atoms with Gasteiger partial charge in [0.15, 0.2) is 6.10 Å². The van der Waals surface area contributed by atoms with Gasteiger partial charge in [0.25, 0.3) is 0 Å². The second-order valence-corrected chi connectivity index (χ2v) is 7.09. The number of carbonyl (C=O) groups is 1. The number of esters is 1. The summed E-state index contributed by atoms with van der Waals surface area (Å²) in [7, 11) is 1.29. The van der Waals surface area contributed by atoms with Gasteiger partial charge < -0.3 is 14.2 Å². The van der Waals surface area contributed by atoms with Crippen molar-refractivity contribution in [3.05, 3.63) is 90.0 Å². The summed E-state index contributed by atoms with van der Waals surface area (Å²) in [5.41, 5.74) is 2.80. The molecule has 0 aliphatic heterocycles. The third-order valence-electron chi connectivity index (χ3n) is 4.76. The van der Waals surface area contributed by atoms with Crippen LogP contribution in [0.2, 0.25) is 0 Å².